The normalized spacial score (nSPS) is 18.3. The number of nitrogens with one attached hydrogen (secondary N) is 2. The standard InChI is InChI=1S/C24H33N3O6S/c1-17-3-5-18(6-4-17)11-12-25-14-19-7-9-21(22(13-19)32-2)33-23-10-8-20(15-26-23)24(28)27-16-34(29,30)31/h7-10,13,15,17-18,25H,3-6,11-12,14,16H2,1-2H3,(H,27,28)(H,29,30,31). The van der Waals surface area contributed by atoms with Crippen LogP contribution in [0.15, 0.2) is 36.5 Å². The summed E-state index contributed by atoms with van der Waals surface area (Å²) in [4.78, 5) is 16.0. The van der Waals surface area contributed by atoms with Gasteiger partial charge < -0.3 is 20.1 Å². The first-order valence-corrected chi connectivity index (χ1v) is 13.1. The number of rotatable bonds is 11. The van der Waals surface area contributed by atoms with Crippen LogP contribution in [0.25, 0.3) is 0 Å². The van der Waals surface area contributed by atoms with Gasteiger partial charge in [0.2, 0.25) is 5.88 Å². The average Bonchev–Trinajstić information content (AvgIpc) is 2.82. The van der Waals surface area contributed by atoms with Crippen molar-refractivity contribution in [3.63, 3.8) is 0 Å². The molecule has 0 saturated heterocycles. The maximum Gasteiger partial charge on any atom is 0.283 e. The van der Waals surface area contributed by atoms with E-state index < -0.39 is 21.9 Å². The van der Waals surface area contributed by atoms with Crippen LogP contribution < -0.4 is 20.1 Å². The molecule has 10 heteroatoms. The van der Waals surface area contributed by atoms with Gasteiger partial charge in [-0.15, -0.1) is 0 Å². The third kappa shape index (κ3) is 8.27. The highest BCUT2D eigenvalue weighted by atomic mass is 32.2. The fourth-order valence-electron chi connectivity index (χ4n) is 4.01. The van der Waals surface area contributed by atoms with E-state index in [2.05, 4.69) is 22.5 Å². The summed E-state index contributed by atoms with van der Waals surface area (Å²) in [5.74, 6) is 1.46. The topological polar surface area (TPSA) is 127 Å². The van der Waals surface area contributed by atoms with Gasteiger partial charge in [-0.1, -0.05) is 38.7 Å². The van der Waals surface area contributed by atoms with Crippen LogP contribution >= 0.6 is 0 Å². The molecule has 1 aromatic heterocycles. The minimum absolute atomic E-state index is 0.132. The van der Waals surface area contributed by atoms with Crippen LogP contribution in [-0.2, 0) is 16.7 Å². The zero-order chi connectivity index (χ0) is 24.6. The number of ether oxygens (including phenoxy) is 2. The molecular weight excluding hydrogens is 458 g/mol. The first-order valence-electron chi connectivity index (χ1n) is 11.5. The molecule has 0 bridgehead atoms. The summed E-state index contributed by atoms with van der Waals surface area (Å²) in [6.45, 7) is 4.08. The number of hydrogen-bond acceptors (Lipinski definition) is 7. The van der Waals surface area contributed by atoms with E-state index in [4.69, 9.17) is 14.0 Å². The van der Waals surface area contributed by atoms with Crippen LogP contribution in [0.5, 0.6) is 17.4 Å². The number of methoxy groups -OCH3 is 1. The summed E-state index contributed by atoms with van der Waals surface area (Å²) in [5, 5.41) is 5.61. The lowest BCUT2D eigenvalue weighted by Gasteiger charge is -2.26. The van der Waals surface area contributed by atoms with Crippen molar-refractivity contribution in [2.45, 2.75) is 45.6 Å². The summed E-state index contributed by atoms with van der Waals surface area (Å²) < 4.78 is 41.5. The van der Waals surface area contributed by atoms with Gasteiger partial charge in [0.1, 0.15) is 5.88 Å². The Hall–Kier alpha value is -2.69. The number of pyridine rings is 1. The van der Waals surface area contributed by atoms with Crippen molar-refractivity contribution in [2.24, 2.45) is 11.8 Å². The smallest absolute Gasteiger partial charge is 0.283 e. The number of amides is 1. The van der Waals surface area contributed by atoms with E-state index in [1.165, 1.54) is 50.4 Å². The third-order valence-electron chi connectivity index (χ3n) is 6.05. The molecule has 1 aromatic carbocycles. The van der Waals surface area contributed by atoms with Gasteiger partial charge in [-0.3, -0.25) is 9.35 Å². The molecule has 1 saturated carbocycles. The highest BCUT2D eigenvalue weighted by Gasteiger charge is 2.17. The number of carbonyl (C=O) groups excluding carboxylic acids is 1. The largest absolute Gasteiger partial charge is 0.493 e. The molecule has 3 N–H and O–H groups in total. The van der Waals surface area contributed by atoms with Crippen molar-refractivity contribution in [3.8, 4) is 17.4 Å². The Labute approximate surface area is 201 Å². The Morgan fingerprint density at radius 2 is 1.91 bits per heavy atom. The second kappa shape index (κ2) is 12.1. The molecule has 3 rings (SSSR count). The monoisotopic (exact) mass is 491 g/mol. The number of hydrogen-bond donors (Lipinski definition) is 3. The number of aromatic nitrogens is 1. The molecule has 1 aliphatic rings. The summed E-state index contributed by atoms with van der Waals surface area (Å²) >= 11 is 0. The predicted octanol–water partition coefficient (Wildman–Crippen LogP) is 3.76. The average molecular weight is 492 g/mol. The van der Waals surface area contributed by atoms with Crippen LogP contribution in [0.3, 0.4) is 0 Å². The van der Waals surface area contributed by atoms with Gasteiger partial charge >= 0.3 is 0 Å². The molecule has 0 unspecified atom stereocenters. The highest BCUT2D eigenvalue weighted by Crippen LogP contribution is 2.32. The molecule has 0 atom stereocenters. The van der Waals surface area contributed by atoms with E-state index in [1.807, 2.05) is 18.2 Å². The van der Waals surface area contributed by atoms with Gasteiger partial charge in [0.25, 0.3) is 16.0 Å². The zero-order valence-electron chi connectivity index (χ0n) is 19.6. The molecule has 0 radical (unpaired) electrons. The minimum Gasteiger partial charge on any atom is -0.493 e. The predicted molar refractivity (Wildman–Crippen MR) is 129 cm³/mol. The van der Waals surface area contributed by atoms with Crippen LogP contribution in [-0.4, -0.2) is 43.4 Å². The molecule has 1 fully saturated rings. The summed E-state index contributed by atoms with van der Waals surface area (Å²) in [6.07, 6.45) is 7.84. The lowest BCUT2D eigenvalue weighted by atomic mass is 9.81. The third-order valence-corrected chi connectivity index (χ3v) is 6.56. The molecule has 0 aliphatic heterocycles. The molecule has 34 heavy (non-hydrogen) atoms. The van der Waals surface area contributed by atoms with Crippen LogP contribution in [0.2, 0.25) is 0 Å². The Morgan fingerprint density at radius 3 is 2.56 bits per heavy atom. The molecule has 2 aromatic rings. The van der Waals surface area contributed by atoms with Crippen LogP contribution in [0.4, 0.5) is 0 Å². The molecule has 1 heterocycles. The number of benzene rings is 1. The Bertz CT molecular complexity index is 1050. The lowest BCUT2D eigenvalue weighted by molar-refractivity contribution is 0.0958. The van der Waals surface area contributed by atoms with Crippen molar-refractivity contribution >= 4 is 16.0 Å². The Balaban J connectivity index is 1.50. The van der Waals surface area contributed by atoms with Gasteiger partial charge in [0.15, 0.2) is 11.5 Å². The summed E-state index contributed by atoms with van der Waals surface area (Å²) in [7, 11) is -2.73. The van der Waals surface area contributed by atoms with E-state index in [0.29, 0.717) is 11.5 Å². The number of carbonyl (C=O) groups is 1. The van der Waals surface area contributed by atoms with E-state index in [0.717, 1.165) is 30.5 Å². The molecule has 0 spiro atoms. The van der Waals surface area contributed by atoms with E-state index in [-0.39, 0.29) is 11.4 Å². The highest BCUT2D eigenvalue weighted by molar-refractivity contribution is 7.85. The maximum atomic E-state index is 11.9. The molecule has 1 aliphatic carbocycles. The second-order valence-electron chi connectivity index (χ2n) is 8.80. The van der Waals surface area contributed by atoms with E-state index in [1.54, 1.807) is 7.11 Å². The summed E-state index contributed by atoms with van der Waals surface area (Å²) in [6, 6.07) is 8.63. The quantitative estimate of drug-likeness (QED) is 0.320. The molecule has 9 nitrogen and oxygen atoms in total. The van der Waals surface area contributed by atoms with Gasteiger partial charge in [-0.2, -0.15) is 8.42 Å². The van der Waals surface area contributed by atoms with Gasteiger partial charge in [-0.25, -0.2) is 4.98 Å². The zero-order valence-corrected chi connectivity index (χ0v) is 20.4. The fourth-order valence-corrected chi connectivity index (χ4v) is 4.32. The molecule has 186 valence electrons. The SMILES string of the molecule is COc1cc(CNCCC2CCC(C)CC2)ccc1Oc1ccc(C(=O)NCS(=O)(=O)O)cn1. The van der Waals surface area contributed by atoms with Crippen molar-refractivity contribution in [2.75, 3.05) is 19.5 Å². The van der Waals surface area contributed by atoms with E-state index >= 15 is 0 Å². The van der Waals surface area contributed by atoms with Crippen LogP contribution in [0.1, 0.15) is 54.9 Å². The van der Waals surface area contributed by atoms with Gasteiger partial charge in [0, 0.05) is 18.8 Å². The molecular formula is C24H33N3O6S. The first kappa shape index (κ1) is 25.9. The van der Waals surface area contributed by atoms with Gasteiger partial charge in [-0.05, 0) is 48.6 Å². The van der Waals surface area contributed by atoms with Gasteiger partial charge in [0.05, 0.1) is 12.7 Å². The number of nitrogens with zero attached hydrogens (tertiary/aromatic N) is 1. The first-order chi connectivity index (χ1) is 16.2. The fraction of sp³-hybridized carbons (Fsp3) is 0.500. The van der Waals surface area contributed by atoms with Crippen LogP contribution in [0, 0.1) is 11.8 Å². The Kier molecular flexibility index (Phi) is 9.26. The second-order valence-corrected chi connectivity index (χ2v) is 10.2. The van der Waals surface area contributed by atoms with Crippen molar-refractivity contribution in [1.29, 1.82) is 0 Å². The molecule has 1 amide bonds. The summed E-state index contributed by atoms with van der Waals surface area (Å²) in [5.41, 5.74) is 1.22. The van der Waals surface area contributed by atoms with Crippen molar-refractivity contribution in [1.82, 2.24) is 15.6 Å². The maximum absolute atomic E-state index is 11.9. The Morgan fingerprint density at radius 1 is 1.15 bits per heavy atom. The van der Waals surface area contributed by atoms with Crippen molar-refractivity contribution < 1.29 is 27.2 Å². The van der Waals surface area contributed by atoms with E-state index in [9.17, 15) is 13.2 Å². The minimum atomic E-state index is -4.30. The van der Waals surface area contributed by atoms with Crippen molar-refractivity contribution in [3.05, 3.63) is 47.7 Å². The lowest BCUT2D eigenvalue weighted by Crippen LogP contribution is -2.29.